The van der Waals surface area contributed by atoms with E-state index in [1.807, 2.05) is 30.9 Å². The predicted octanol–water partition coefficient (Wildman–Crippen LogP) is 2.28. The average molecular weight is 395 g/mol. The molecule has 1 aliphatic rings. The van der Waals surface area contributed by atoms with Gasteiger partial charge in [0, 0.05) is 30.9 Å². The van der Waals surface area contributed by atoms with E-state index in [1.54, 1.807) is 18.7 Å². The van der Waals surface area contributed by atoms with Crippen LogP contribution < -0.4 is 9.47 Å². The molecule has 0 saturated carbocycles. The molecule has 0 N–H and O–H groups in total. The molecule has 4 rings (SSSR count). The van der Waals surface area contributed by atoms with Crippen molar-refractivity contribution in [2.45, 2.75) is 39.7 Å². The van der Waals surface area contributed by atoms with E-state index < -0.39 is 0 Å². The molecule has 0 fully saturated rings. The number of nitrogens with zero attached hydrogens (tertiary/aromatic N) is 5. The summed E-state index contributed by atoms with van der Waals surface area (Å²) < 4.78 is 12.5. The fraction of sp³-hybridized carbons (Fsp3) is 0.429. The van der Waals surface area contributed by atoms with Crippen LogP contribution in [0, 0.1) is 13.8 Å². The number of rotatable bonds is 5. The number of aromatic nitrogens is 4. The van der Waals surface area contributed by atoms with Crippen LogP contribution in [0.2, 0.25) is 0 Å². The van der Waals surface area contributed by atoms with Crippen LogP contribution in [-0.2, 0) is 24.2 Å². The minimum absolute atomic E-state index is 0.142. The lowest BCUT2D eigenvalue weighted by Crippen LogP contribution is -2.36. The van der Waals surface area contributed by atoms with Gasteiger partial charge in [-0.05, 0) is 55.5 Å². The van der Waals surface area contributed by atoms with E-state index in [4.69, 9.17) is 9.47 Å². The molecule has 0 radical (unpaired) electrons. The van der Waals surface area contributed by atoms with Crippen molar-refractivity contribution < 1.29 is 14.3 Å². The van der Waals surface area contributed by atoms with Crippen LogP contribution >= 0.6 is 0 Å². The quantitative estimate of drug-likeness (QED) is 0.659. The maximum atomic E-state index is 12.9. The smallest absolute Gasteiger partial charge is 0.252 e. The molecule has 29 heavy (non-hydrogen) atoms. The fourth-order valence-corrected chi connectivity index (χ4v) is 4.00. The fourth-order valence-electron chi connectivity index (χ4n) is 4.00. The van der Waals surface area contributed by atoms with Gasteiger partial charge in [-0.3, -0.25) is 4.79 Å². The molecule has 0 bridgehead atoms. The molecule has 2 aromatic heterocycles. The van der Waals surface area contributed by atoms with Gasteiger partial charge in [0.15, 0.2) is 11.5 Å². The highest BCUT2D eigenvalue weighted by atomic mass is 16.5. The highest BCUT2D eigenvalue weighted by Crippen LogP contribution is 2.33. The SMILES string of the molecule is COc1cc2c(cc1OC)CN(C(=O)CCc1c(C)nc3ncnn3c1C)CC2. The van der Waals surface area contributed by atoms with E-state index in [9.17, 15) is 4.79 Å². The molecular formula is C21H25N5O3. The lowest BCUT2D eigenvalue weighted by atomic mass is 9.98. The van der Waals surface area contributed by atoms with Crippen molar-refractivity contribution >= 4 is 11.7 Å². The lowest BCUT2D eigenvalue weighted by Gasteiger charge is -2.30. The van der Waals surface area contributed by atoms with Gasteiger partial charge >= 0.3 is 0 Å². The molecule has 0 saturated heterocycles. The standard InChI is InChI=1S/C21H25N5O3/c1-13-17(14(2)26-21(24-13)22-12-23-26)5-6-20(27)25-8-7-15-9-18(28-3)19(29-4)10-16(15)11-25/h9-10,12H,5-8,11H2,1-4H3. The Hall–Kier alpha value is -3.16. The molecule has 8 nitrogen and oxygen atoms in total. The Morgan fingerprint density at radius 1 is 1.14 bits per heavy atom. The zero-order chi connectivity index (χ0) is 20.5. The second-order valence-corrected chi connectivity index (χ2v) is 7.27. The van der Waals surface area contributed by atoms with Crippen LogP contribution in [0.3, 0.4) is 0 Å². The number of fused-ring (bicyclic) bond motifs is 2. The molecule has 0 spiro atoms. The third kappa shape index (κ3) is 3.50. The van der Waals surface area contributed by atoms with Crippen molar-refractivity contribution in [3.8, 4) is 11.5 Å². The van der Waals surface area contributed by atoms with Crippen LogP contribution in [0.4, 0.5) is 0 Å². The van der Waals surface area contributed by atoms with Gasteiger partial charge in [0.1, 0.15) is 6.33 Å². The highest BCUT2D eigenvalue weighted by Gasteiger charge is 2.23. The van der Waals surface area contributed by atoms with Crippen molar-refractivity contribution in [1.29, 1.82) is 0 Å². The number of ether oxygens (including phenoxy) is 2. The molecule has 152 valence electrons. The van der Waals surface area contributed by atoms with Crippen molar-refractivity contribution in [1.82, 2.24) is 24.5 Å². The zero-order valence-electron chi connectivity index (χ0n) is 17.2. The molecule has 1 aromatic carbocycles. The zero-order valence-corrected chi connectivity index (χ0v) is 17.2. The Balaban J connectivity index is 1.48. The Bertz CT molecular complexity index is 1080. The molecule has 3 heterocycles. The molecular weight excluding hydrogens is 370 g/mol. The van der Waals surface area contributed by atoms with Gasteiger partial charge in [-0.2, -0.15) is 10.1 Å². The number of carbonyl (C=O) groups is 1. The summed E-state index contributed by atoms with van der Waals surface area (Å²) in [4.78, 5) is 23.5. The molecule has 0 atom stereocenters. The number of hydrogen-bond donors (Lipinski definition) is 0. The first-order valence-electron chi connectivity index (χ1n) is 9.69. The van der Waals surface area contributed by atoms with Gasteiger partial charge in [-0.1, -0.05) is 0 Å². The number of hydrogen-bond acceptors (Lipinski definition) is 6. The van der Waals surface area contributed by atoms with Crippen LogP contribution in [0.15, 0.2) is 18.5 Å². The predicted molar refractivity (Wildman–Crippen MR) is 107 cm³/mol. The summed E-state index contributed by atoms with van der Waals surface area (Å²) in [5.41, 5.74) is 5.26. The van der Waals surface area contributed by atoms with E-state index in [1.165, 1.54) is 11.9 Å². The van der Waals surface area contributed by atoms with Crippen molar-refractivity contribution in [2.24, 2.45) is 0 Å². The van der Waals surface area contributed by atoms with E-state index in [-0.39, 0.29) is 5.91 Å². The minimum atomic E-state index is 0.142. The van der Waals surface area contributed by atoms with Gasteiger partial charge < -0.3 is 14.4 Å². The summed E-state index contributed by atoms with van der Waals surface area (Å²) in [5, 5.41) is 4.22. The number of methoxy groups -OCH3 is 2. The molecule has 1 amide bonds. The monoisotopic (exact) mass is 395 g/mol. The first kappa shape index (κ1) is 19.2. The van der Waals surface area contributed by atoms with Crippen LogP contribution in [-0.4, -0.2) is 51.2 Å². The number of benzene rings is 1. The van der Waals surface area contributed by atoms with Gasteiger partial charge in [-0.15, -0.1) is 0 Å². The summed E-state index contributed by atoms with van der Waals surface area (Å²) in [6.07, 6.45) is 3.38. The van der Waals surface area contributed by atoms with E-state index in [0.29, 0.717) is 37.5 Å². The molecule has 0 aliphatic carbocycles. The first-order chi connectivity index (χ1) is 14.0. The van der Waals surface area contributed by atoms with Gasteiger partial charge in [0.25, 0.3) is 5.78 Å². The summed E-state index contributed by atoms with van der Waals surface area (Å²) in [6.45, 7) is 5.25. The lowest BCUT2D eigenvalue weighted by molar-refractivity contribution is -0.132. The summed E-state index contributed by atoms with van der Waals surface area (Å²) >= 11 is 0. The van der Waals surface area contributed by atoms with Crippen LogP contribution in [0.1, 0.15) is 34.5 Å². The van der Waals surface area contributed by atoms with Gasteiger partial charge in [0.2, 0.25) is 5.91 Å². The van der Waals surface area contributed by atoms with Crippen molar-refractivity contribution in [3.05, 3.63) is 46.5 Å². The third-order valence-electron chi connectivity index (χ3n) is 5.65. The first-order valence-corrected chi connectivity index (χ1v) is 9.69. The highest BCUT2D eigenvalue weighted by molar-refractivity contribution is 5.77. The number of carbonyl (C=O) groups excluding carboxylic acids is 1. The molecule has 0 unspecified atom stereocenters. The summed E-state index contributed by atoms with van der Waals surface area (Å²) in [7, 11) is 3.26. The van der Waals surface area contributed by atoms with Crippen LogP contribution in [0.25, 0.3) is 5.78 Å². The Labute approximate surface area is 169 Å². The van der Waals surface area contributed by atoms with Crippen molar-refractivity contribution in [3.63, 3.8) is 0 Å². The van der Waals surface area contributed by atoms with E-state index >= 15 is 0 Å². The number of aryl methyl sites for hydroxylation is 2. The van der Waals surface area contributed by atoms with Gasteiger partial charge in [0.05, 0.1) is 14.2 Å². The Morgan fingerprint density at radius 3 is 2.59 bits per heavy atom. The average Bonchev–Trinajstić information content (AvgIpc) is 3.20. The Morgan fingerprint density at radius 2 is 1.86 bits per heavy atom. The van der Waals surface area contributed by atoms with E-state index in [0.717, 1.165) is 34.7 Å². The topological polar surface area (TPSA) is 81.9 Å². The summed E-state index contributed by atoms with van der Waals surface area (Å²) in [5.74, 6) is 2.15. The van der Waals surface area contributed by atoms with Gasteiger partial charge in [-0.25, -0.2) is 9.50 Å². The van der Waals surface area contributed by atoms with E-state index in [2.05, 4.69) is 15.1 Å². The molecule has 1 aliphatic heterocycles. The van der Waals surface area contributed by atoms with Crippen molar-refractivity contribution in [2.75, 3.05) is 20.8 Å². The largest absolute Gasteiger partial charge is 0.493 e. The maximum Gasteiger partial charge on any atom is 0.252 e. The second-order valence-electron chi connectivity index (χ2n) is 7.27. The van der Waals surface area contributed by atoms with Crippen LogP contribution in [0.5, 0.6) is 11.5 Å². The number of amides is 1. The maximum absolute atomic E-state index is 12.9. The second kappa shape index (κ2) is 7.69. The third-order valence-corrected chi connectivity index (χ3v) is 5.65. The summed E-state index contributed by atoms with van der Waals surface area (Å²) in [6, 6.07) is 3.99. The molecule has 3 aromatic rings. The molecule has 8 heteroatoms. The normalized spacial score (nSPS) is 13.4. The minimum Gasteiger partial charge on any atom is -0.493 e. The Kier molecular flexibility index (Phi) is 5.08.